The van der Waals surface area contributed by atoms with Crippen LogP contribution in [0, 0.1) is 0 Å². The predicted octanol–water partition coefficient (Wildman–Crippen LogP) is 5.89. The summed E-state index contributed by atoms with van der Waals surface area (Å²) >= 11 is 0. The molecule has 1 unspecified atom stereocenters. The second-order valence-electron chi connectivity index (χ2n) is 9.02. The van der Waals surface area contributed by atoms with E-state index in [0.29, 0.717) is 6.04 Å². The van der Waals surface area contributed by atoms with Crippen LogP contribution in [0.25, 0.3) is 11.0 Å². The van der Waals surface area contributed by atoms with Crippen LogP contribution in [0.15, 0.2) is 67.0 Å². The molecule has 0 bridgehead atoms. The lowest BCUT2D eigenvalue weighted by atomic mass is 10.1. The van der Waals surface area contributed by atoms with Crippen LogP contribution >= 0.6 is 0 Å². The molecule has 15 heteroatoms. The Morgan fingerprint density at radius 3 is 2.12 bits per heavy atom. The van der Waals surface area contributed by atoms with Gasteiger partial charge in [0.1, 0.15) is 17.2 Å². The average molecular weight is 614 g/mol. The summed E-state index contributed by atoms with van der Waals surface area (Å²) < 4.78 is 74.9. The van der Waals surface area contributed by atoms with Gasteiger partial charge in [-0.3, -0.25) is 0 Å². The van der Waals surface area contributed by atoms with Gasteiger partial charge < -0.3 is 30.0 Å². The molecule has 0 spiro atoms. The number of carbonyl (C=O) groups is 2. The molecule has 0 fully saturated rings. The van der Waals surface area contributed by atoms with Crippen molar-refractivity contribution in [2.75, 3.05) is 7.11 Å². The SMILES string of the molecule is COc1cccc2c1CC(NCc1ccc(Oc3ccc4[nH]cnc4c3)cc1)C2.O=C(O)C(F)(F)F.O=C(O)C(F)(F)F. The van der Waals surface area contributed by atoms with E-state index in [1.165, 1.54) is 16.7 Å². The molecule has 230 valence electrons. The number of aromatic amines is 1. The number of hydrogen-bond donors (Lipinski definition) is 4. The smallest absolute Gasteiger partial charge is 0.490 e. The molecule has 4 N–H and O–H groups in total. The highest BCUT2D eigenvalue weighted by atomic mass is 19.4. The minimum absolute atomic E-state index is 0.442. The summed E-state index contributed by atoms with van der Waals surface area (Å²) in [7, 11) is 1.74. The molecule has 1 aliphatic carbocycles. The fourth-order valence-electron chi connectivity index (χ4n) is 4.00. The first-order valence-electron chi connectivity index (χ1n) is 12.4. The third-order valence-electron chi connectivity index (χ3n) is 6.00. The molecule has 1 heterocycles. The van der Waals surface area contributed by atoms with Gasteiger partial charge in [-0.2, -0.15) is 26.3 Å². The standard InChI is InChI=1S/C24H23N3O2.2C2HF3O2/c1-28-24-4-2-3-17-11-18(12-21(17)24)25-14-16-5-7-19(8-6-16)29-20-9-10-22-23(13-20)27-15-26-22;2*3-2(4,5)1(6)7/h2-10,13,15,18,25H,11-12,14H2,1H3,(H,26,27);2*(H,6,7). The molecule has 43 heavy (non-hydrogen) atoms. The molecule has 3 aromatic carbocycles. The molecule has 1 aliphatic rings. The number of fused-ring (bicyclic) bond motifs is 2. The van der Waals surface area contributed by atoms with E-state index in [1.807, 2.05) is 36.4 Å². The van der Waals surface area contributed by atoms with E-state index < -0.39 is 24.3 Å². The van der Waals surface area contributed by atoms with Gasteiger partial charge in [0.2, 0.25) is 0 Å². The minimum atomic E-state index is -5.08. The summed E-state index contributed by atoms with van der Waals surface area (Å²) in [6.07, 6.45) is -6.42. The number of aliphatic carboxylic acids is 2. The number of hydrogen-bond acceptors (Lipinski definition) is 6. The molecule has 0 saturated heterocycles. The minimum Gasteiger partial charge on any atom is -0.496 e. The number of H-pyrrole nitrogens is 1. The van der Waals surface area contributed by atoms with Gasteiger partial charge in [-0.15, -0.1) is 0 Å². The van der Waals surface area contributed by atoms with Gasteiger partial charge in [-0.1, -0.05) is 24.3 Å². The van der Waals surface area contributed by atoms with Gasteiger partial charge in [0.05, 0.1) is 24.5 Å². The fraction of sp³-hybridized carbons (Fsp3) is 0.250. The number of nitrogens with one attached hydrogen (secondary N) is 2. The van der Waals surface area contributed by atoms with Crippen molar-refractivity contribution in [1.82, 2.24) is 15.3 Å². The zero-order valence-corrected chi connectivity index (χ0v) is 22.3. The highest BCUT2D eigenvalue weighted by molar-refractivity contribution is 5.76. The number of halogens is 6. The topological polar surface area (TPSA) is 134 Å². The molecule has 1 aromatic heterocycles. The molecule has 0 aliphatic heterocycles. The number of aromatic nitrogens is 2. The summed E-state index contributed by atoms with van der Waals surface area (Å²) in [6, 6.07) is 20.9. The number of alkyl halides is 6. The van der Waals surface area contributed by atoms with Crippen LogP contribution in [0.5, 0.6) is 17.2 Å². The molecule has 4 aromatic rings. The normalized spacial score (nSPS) is 14.1. The van der Waals surface area contributed by atoms with E-state index in [1.54, 1.807) is 13.4 Å². The van der Waals surface area contributed by atoms with Gasteiger partial charge in [0, 0.05) is 18.7 Å². The maximum absolute atomic E-state index is 10.6. The van der Waals surface area contributed by atoms with Crippen LogP contribution in [-0.4, -0.2) is 57.6 Å². The summed E-state index contributed by atoms with van der Waals surface area (Å²) in [5.41, 5.74) is 5.87. The van der Waals surface area contributed by atoms with Crippen LogP contribution < -0.4 is 14.8 Å². The van der Waals surface area contributed by atoms with Gasteiger partial charge in [0.25, 0.3) is 0 Å². The van der Waals surface area contributed by atoms with E-state index in [0.717, 1.165) is 47.7 Å². The zero-order valence-electron chi connectivity index (χ0n) is 22.3. The van der Waals surface area contributed by atoms with Crippen molar-refractivity contribution in [2.24, 2.45) is 0 Å². The Balaban J connectivity index is 0.000000303. The Hall–Kier alpha value is -4.79. The van der Waals surface area contributed by atoms with Gasteiger partial charge in [0.15, 0.2) is 0 Å². The van der Waals surface area contributed by atoms with Crippen molar-refractivity contribution in [1.29, 1.82) is 0 Å². The number of ether oxygens (including phenoxy) is 2. The maximum Gasteiger partial charge on any atom is 0.490 e. The maximum atomic E-state index is 10.6. The van der Waals surface area contributed by atoms with Crippen LogP contribution in [0.4, 0.5) is 26.3 Å². The van der Waals surface area contributed by atoms with Crippen molar-refractivity contribution in [3.63, 3.8) is 0 Å². The van der Waals surface area contributed by atoms with Crippen LogP contribution in [-0.2, 0) is 29.0 Å². The molecular formula is C28H25F6N3O6. The largest absolute Gasteiger partial charge is 0.496 e. The Bertz CT molecular complexity index is 1510. The first-order valence-corrected chi connectivity index (χ1v) is 12.4. The quantitative estimate of drug-likeness (QED) is 0.198. The number of rotatable bonds is 6. The molecule has 5 rings (SSSR count). The first-order chi connectivity index (χ1) is 20.2. The van der Waals surface area contributed by atoms with E-state index >= 15 is 0 Å². The molecule has 0 saturated carbocycles. The second-order valence-corrected chi connectivity index (χ2v) is 9.02. The van der Waals surface area contributed by atoms with Crippen LogP contribution in [0.1, 0.15) is 16.7 Å². The van der Waals surface area contributed by atoms with E-state index in [4.69, 9.17) is 29.3 Å². The fourth-order valence-corrected chi connectivity index (χ4v) is 4.00. The van der Waals surface area contributed by atoms with Crippen LogP contribution in [0.2, 0.25) is 0 Å². The lowest BCUT2D eigenvalue weighted by Gasteiger charge is -2.13. The highest BCUT2D eigenvalue weighted by Gasteiger charge is 2.38. The van der Waals surface area contributed by atoms with E-state index in [-0.39, 0.29) is 0 Å². The Kier molecular flexibility index (Phi) is 10.6. The third-order valence-corrected chi connectivity index (χ3v) is 6.00. The molecule has 0 amide bonds. The molecule has 1 atom stereocenters. The van der Waals surface area contributed by atoms with E-state index in [2.05, 4.69) is 39.6 Å². The molecular weight excluding hydrogens is 588 g/mol. The summed E-state index contributed by atoms with van der Waals surface area (Å²) in [4.78, 5) is 25.1. The number of carboxylic acid groups (broad SMARTS) is 2. The number of benzene rings is 3. The Morgan fingerprint density at radius 2 is 1.53 bits per heavy atom. The van der Waals surface area contributed by atoms with E-state index in [9.17, 15) is 26.3 Å². The first kappa shape index (κ1) is 32.7. The van der Waals surface area contributed by atoms with Gasteiger partial charge >= 0.3 is 24.3 Å². The number of imidazole rings is 1. The van der Waals surface area contributed by atoms with Gasteiger partial charge in [-0.05, 0) is 59.9 Å². The van der Waals surface area contributed by atoms with Crippen molar-refractivity contribution in [2.45, 2.75) is 37.8 Å². The van der Waals surface area contributed by atoms with Crippen molar-refractivity contribution in [3.05, 3.63) is 83.7 Å². The lowest BCUT2D eigenvalue weighted by Crippen LogP contribution is -2.28. The molecule has 9 nitrogen and oxygen atoms in total. The number of carboxylic acids is 2. The second kappa shape index (κ2) is 13.9. The monoisotopic (exact) mass is 613 g/mol. The zero-order chi connectivity index (χ0) is 31.8. The van der Waals surface area contributed by atoms with Crippen LogP contribution in [0.3, 0.4) is 0 Å². The summed E-state index contributed by atoms with van der Waals surface area (Å²) in [6.45, 7) is 0.834. The highest BCUT2D eigenvalue weighted by Crippen LogP contribution is 2.31. The average Bonchev–Trinajstić information content (AvgIpc) is 3.58. The van der Waals surface area contributed by atoms with Crippen molar-refractivity contribution >= 4 is 23.0 Å². The Morgan fingerprint density at radius 1 is 0.930 bits per heavy atom. The van der Waals surface area contributed by atoms with Gasteiger partial charge in [-0.25, -0.2) is 14.6 Å². The number of nitrogens with zero attached hydrogens (tertiary/aromatic N) is 1. The Labute approximate surface area is 240 Å². The molecule has 0 radical (unpaired) electrons. The third kappa shape index (κ3) is 9.63. The summed E-state index contributed by atoms with van der Waals surface area (Å²) in [5.74, 6) is -2.91. The number of methoxy groups -OCH3 is 1. The predicted molar refractivity (Wildman–Crippen MR) is 141 cm³/mol. The van der Waals surface area contributed by atoms with Crippen molar-refractivity contribution < 1.29 is 55.6 Å². The lowest BCUT2D eigenvalue weighted by molar-refractivity contribution is -0.193. The van der Waals surface area contributed by atoms with Crippen molar-refractivity contribution in [3.8, 4) is 17.2 Å². The summed E-state index contributed by atoms with van der Waals surface area (Å²) in [5, 5.41) is 17.9.